The zero-order valence-corrected chi connectivity index (χ0v) is 17.5. The Hall–Kier alpha value is -2.40. The van der Waals surface area contributed by atoms with Gasteiger partial charge in [0.2, 0.25) is 0 Å². The standard InChI is InChI=1S/C23H31N3O2/c1-22(2,3)15-23(4,5)17-13-16(9-8-12-27)14-20(21(17)28)26-24-18-10-6-7-11-19(18)25-26/h6-7,10-11,13-14,27-28H,8-9,12,15H2,1-5H3. The van der Waals surface area contributed by atoms with Crippen molar-refractivity contribution in [2.24, 2.45) is 5.41 Å². The van der Waals surface area contributed by atoms with Gasteiger partial charge in [-0.05, 0) is 53.9 Å². The van der Waals surface area contributed by atoms with Crippen molar-refractivity contribution in [2.75, 3.05) is 6.61 Å². The van der Waals surface area contributed by atoms with Gasteiger partial charge in [0.05, 0.1) is 0 Å². The molecule has 0 bridgehead atoms. The number of benzene rings is 2. The maximum Gasteiger partial charge on any atom is 0.146 e. The zero-order valence-electron chi connectivity index (χ0n) is 17.5. The Morgan fingerprint density at radius 2 is 1.57 bits per heavy atom. The molecule has 5 nitrogen and oxygen atoms in total. The summed E-state index contributed by atoms with van der Waals surface area (Å²) in [7, 11) is 0. The lowest BCUT2D eigenvalue weighted by atomic mass is 9.71. The number of rotatable bonds is 6. The number of hydrogen-bond acceptors (Lipinski definition) is 4. The summed E-state index contributed by atoms with van der Waals surface area (Å²) in [5.41, 5.74) is 4.03. The summed E-state index contributed by atoms with van der Waals surface area (Å²) < 4.78 is 0. The van der Waals surface area contributed by atoms with Gasteiger partial charge in [-0.15, -0.1) is 15.0 Å². The van der Waals surface area contributed by atoms with E-state index >= 15 is 0 Å². The fourth-order valence-corrected chi connectivity index (χ4v) is 4.16. The number of aromatic nitrogens is 3. The predicted octanol–water partition coefficient (Wildman–Crippen LogP) is 4.76. The van der Waals surface area contributed by atoms with Crippen molar-refractivity contribution < 1.29 is 10.2 Å². The van der Waals surface area contributed by atoms with Crippen LogP contribution in [0.3, 0.4) is 0 Å². The summed E-state index contributed by atoms with van der Waals surface area (Å²) in [4.78, 5) is 1.53. The van der Waals surface area contributed by atoms with Gasteiger partial charge in [-0.1, -0.05) is 52.8 Å². The highest BCUT2D eigenvalue weighted by Gasteiger charge is 2.31. The molecule has 3 aromatic rings. The first-order valence-corrected chi connectivity index (χ1v) is 9.90. The van der Waals surface area contributed by atoms with Crippen LogP contribution in [-0.4, -0.2) is 31.8 Å². The van der Waals surface area contributed by atoms with Crippen LogP contribution in [0, 0.1) is 5.41 Å². The molecule has 3 rings (SSSR count). The Bertz CT molecular complexity index is 935. The first kappa shape index (κ1) is 20.3. The SMILES string of the molecule is CC(C)(C)CC(C)(C)c1cc(CCCO)cc(-n2nc3ccccc3n2)c1O. The molecule has 0 atom stereocenters. The van der Waals surface area contributed by atoms with Crippen LogP contribution in [0.15, 0.2) is 36.4 Å². The van der Waals surface area contributed by atoms with Crippen LogP contribution in [0.4, 0.5) is 0 Å². The summed E-state index contributed by atoms with van der Waals surface area (Å²) in [5.74, 6) is 0.224. The molecule has 2 N–H and O–H groups in total. The highest BCUT2D eigenvalue weighted by atomic mass is 16.3. The van der Waals surface area contributed by atoms with E-state index in [1.807, 2.05) is 30.3 Å². The zero-order chi connectivity index (χ0) is 20.5. The molecule has 0 saturated heterocycles. The third-order valence-corrected chi connectivity index (χ3v) is 4.98. The first-order chi connectivity index (χ1) is 13.1. The van der Waals surface area contributed by atoms with Crippen LogP contribution < -0.4 is 0 Å². The molecule has 1 heterocycles. The van der Waals surface area contributed by atoms with Crippen LogP contribution in [0.5, 0.6) is 5.75 Å². The molecule has 0 amide bonds. The highest BCUT2D eigenvalue weighted by Crippen LogP contribution is 2.42. The lowest BCUT2D eigenvalue weighted by Crippen LogP contribution is -2.25. The Labute approximate surface area is 167 Å². The first-order valence-electron chi connectivity index (χ1n) is 9.90. The number of phenolic OH excluding ortho intramolecular Hbond substituents is 1. The molecule has 1 aromatic heterocycles. The summed E-state index contributed by atoms with van der Waals surface area (Å²) >= 11 is 0. The van der Waals surface area contributed by atoms with Crippen molar-refractivity contribution in [3.8, 4) is 11.4 Å². The minimum absolute atomic E-state index is 0.121. The Balaban J connectivity index is 2.15. The molecule has 28 heavy (non-hydrogen) atoms. The summed E-state index contributed by atoms with van der Waals surface area (Å²) in [5, 5.41) is 29.6. The van der Waals surface area contributed by atoms with Crippen LogP contribution in [-0.2, 0) is 11.8 Å². The second-order valence-electron chi connectivity index (χ2n) is 9.44. The average molecular weight is 382 g/mol. The van der Waals surface area contributed by atoms with Gasteiger partial charge in [0.15, 0.2) is 0 Å². The minimum atomic E-state index is -0.223. The number of nitrogens with zero attached hydrogens (tertiary/aromatic N) is 3. The van der Waals surface area contributed by atoms with Crippen molar-refractivity contribution >= 4 is 11.0 Å². The third-order valence-electron chi connectivity index (χ3n) is 4.98. The van der Waals surface area contributed by atoms with Gasteiger partial charge in [-0.25, -0.2) is 0 Å². The average Bonchev–Trinajstić information content (AvgIpc) is 3.02. The van der Waals surface area contributed by atoms with Gasteiger partial charge < -0.3 is 10.2 Å². The lowest BCUT2D eigenvalue weighted by molar-refractivity contribution is 0.278. The van der Waals surface area contributed by atoms with E-state index in [2.05, 4.69) is 50.9 Å². The van der Waals surface area contributed by atoms with E-state index in [1.165, 1.54) is 4.80 Å². The highest BCUT2D eigenvalue weighted by molar-refractivity contribution is 5.73. The molecule has 150 valence electrons. The van der Waals surface area contributed by atoms with E-state index in [4.69, 9.17) is 0 Å². The molecule has 2 aromatic carbocycles. The fraction of sp³-hybridized carbons (Fsp3) is 0.478. The molecule has 5 heteroatoms. The lowest BCUT2D eigenvalue weighted by Gasteiger charge is -2.34. The van der Waals surface area contributed by atoms with E-state index in [1.54, 1.807) is 0 Å². The van der Waals surface area contributed by atoms with Gasteiger partial charge in [-0.3, -0.25) is 0 Å². The number of aliphatic hydroxyl groups excluding tert-OH is 1. The van der Waals surface area contributed by atoms with Gasteiger partial charge in [-0.2, -0.15) is 0 Å². The van der Waals surface area contributed by atoms with Gasteiger partial charge in [0.25, 0.3) is 0 Å². The normalized spacial score (nSPS) is 12.6. The summed E-state index contributed by atoms with van der Waals surface area (Å²) in [6.07, 6.45) is 2.34. The van der Waals surface area contributed by atoms with Gasteiger partial charge in [0.1, 0.15) is 22.5 Å². The Kier molecular flexibility index (Phi) is 5.48. The molecule has 0 aliphatic heterocycles. The van der Waals surface area contributed by atoms with E-state index in [0.717, 1.165) is 35.0 Å². The number of hydrogen-bond donors (Lipinski definition) is 2. The van der Waals surface area contributed by atoms with E-state index < -0.39 is 0 Å². The number of fused-ring (bicyclic) bond motifs is 1. The fourth-order valence-electron chi connectivity index (χ4n) is 4.16. The molecule has 0 radical (unpaired) electrons. The van der Waals surface area contributed by atoms with E-state index in [9.17, 15) is 10.2 Å². The van der Waals surface area contributed by atoms with Crippen molar-refractivity contribution in [3.05, 3.63) is 47.5 Å². The van der Waals surface area contributed by atoms with E-state index in [0.29, 0.717) is 12.1 Å². The molecule has 0 fully saturated rings. The van der Waals surface area contributed by atoms with Crippen LogP contribution in [0.25, 0.3) is 16.7 Å². The molecule has 0 aliphatic carbocycles. The quantitative estimate of drug-likeness (QED) is 0.645. The number of aliphatic hydroxyl groups is 1. The van der Waals surface area contributed by atoms with Crippen LogP contribution in [0.2, 0.25) is 0 Å². The Morgan fingerprint density at radius 1 is 0.964 bits per heavy atom. The summed E-state index contributed by atoms with van der Waals surface area (Å²) in [6.45, 7) is 11.1. The van der Waals surface area contributed by atoms with Crippen molar-refractivity contribution in [2.45, 2.75) is 59.3 Å². The Morgan fingerprint density at radius 3 is 2.11 bits per heavy atom. The minimum Gasteiger partial charge on any atom is -0.505 e. The third kappa shape index (κ3) is 4.36. The van der Waals surface area contributed by atoms with Crippen molar-refractivity contribution in [3.63, 3.8) is 0 Å². The second-order valence-corrected chi connectivity index (χ2v) is 9.44. The smallest absolute Gasteiger partial charge is 0.146 e. The van der Waals surface area contributed by atoms with Gasteiger partial charge >= 0.3 is 0 Å². The molecule has 0 aliphatic rings. The van der Waals surface area contributed by atoms with E-state index in [-0.39, 0.29) is 23.2 Å². The topological polar surface area (TPSA) is 71.2 Å². The van der Waals surface area contributed by atoms with Gasteiger partial charge in [0, 0.05) is 12.2 Å². The monoisotopic (exact) mass is 381 g/mol. The number of aryl methyl sites for hydroxylation is 1. The van der Waals surface area contributed by atoms with Crippen molar-refractivity contribution in [1.29, 1.82) is 0 Å². The molecular formula is C23H31N3O2. The van der Waals surface area contributed by atoms with Crippen LogP contribution in [0.1, 0.15) is 58.6 Å². The largest absolute Gasteiger partial charge is 0.505 e. The maximum absolute atomic E-state index is 11.2. The molecule has 0 unspecified atom stereocenters. The molecule has 0 spiro atoms. The van der Waals surface area contributed by atoms with Crippen molar-refractivity contribution in [1.82, 2.24) is 15.0 Å². The predicted molar refractivity (Wildman–Crippen MR) is 113 cm³/mol. The molecule has 0 saturated carbocycles. The van der Waals surface area contributed by atoms with Crippen LogP contribution >= 0.6 is 0 Å². The summed E-state index contributed by atoms with van der Waals surface area (Å²) in [6, 6.07) is 11.7. The number of phenols is 1. The molecular weight excluding hydrogens is 350 g/mol. The number of aromatic hydroxyl groups is 1. The second kappa shape index (κ2) is 7.55. The maximum atomic E-state index is 11.2.